The predicted octanol–water partition coefficient (Wildman–Crippen LogP) is 4.29. The first-order chi connectivity index (χ1) is 15.1. The van der Waals surface area contributed by atoms with Crippen LogP contribution in [0.15, 0.2) is 42.0 Å². The van der Waals surface area contributed by atoms with Gasteiger partial charge >= 0.3 is 6.18 Å². The SMILES string of the molecule is Cc1cc(C)n(-c2ccc(CNC(=O)c3csc(-c4cnn(C)c4)n3)c(C(F)(F)F)c2)n1. The van der Waals surface area contributed by atoms with Crippen molar-refractivity contribution in [3.8, 4) is 16.3 Å². The molecule has 3 heterocycles. The fraction of sp³-hybridized carbons (Fsp3) is 0.238. The summed E-state index contributed by atoms with van der Waals surface area (Å²) in [6.07, 6.45) is -1.19. The van der Waals surface area contributed by atoms with Crippen LogP contribution in [0.5, 0.6) is 0 Å². The van der Waals surface area contributed by atoms with Crippen LogP contribution >= 0.6 is 11.3 Å². The Morgan fingerprint density at radius 2 is 2.00 bits per heavy atom. The van der Waals surface area contributed by atoms with Crippen LogP contribution in [-0.2, 0) is 19.8 Å². The number of nitrogens with zero attached hydrogens (tertiary/aromatic N) is 5. The number of aryl methyl sites for hydroxylation is 3. The summed E-state index contributed by atoms with van der Waals surface area (Å²) >= 11 is 1.26. The summed E-state index contributed by atoms with van der Waals surface area (Å²) < 4.78 is 44.3. The van der Waals surface area contributed by atoms with Crippen molar-refractivity contribution >= 4 is 17.2 Å². The van der Waals surface area contributed by atoms with Crippen LogP contribution in [0.2, 0.25) is 0 Å². The van der Waals surface area contributed by atoms with Gasteiger partial charge in [0.25, 0.3) is 5.91 Å². The lowest BCUT2D eigenvalue weighted by Crippen LogP contribution is -2.25. The van der Waals surface area contributed by atoms with E-state index in [1.807, 2.05) is 0 Å². The summed E-state index contributed by atoms with van der Waals surface area (Å²) in [5, 5.41) is 13.0. The molecule has 0 bridgehead atoms. The number of rotatable bonds is 5. The molecule has 0 fully saturated rings. The number of aromatic nitrogens is 5. The number of carbonyl (C=O) groups excluding carboxylic acids is 1. The molecule has 4 aromatic rings. The molecule has 166 valence electrons. The zero-order chi connectivity index (χ0) is 23.0. The number of halogens is 3. The van der Waals surface area contributed by atoms with E-state index in [-0.39, 0.29) is 17.8 Å². The normalized spacial score (nSPS) is 11.7. The molecule has 1 amide bonds. The maximum atomic E-state index is 13.7. The van der Waals surface area contributed by atoms with Crippen molar-refractivity contribution in [1.29, 1.82) is 0 Å². The Bertz CT molecular complexity index is 1290. The Morgan fingerprint density at radius 1 is 1.22 bits per heavy atom. The van der Waals surface area contributed by atoms with Crippen molar-refractivity contribution < 1.29 is 18.0 Å². The van der Waals surface area contributed by atoms with Gasteiger partial charge in [-0.15, -0.1) is 11.3 Å². The van der Waals surface area contributed by atoms with E-state index in [9.17, 15) is 18.0 Å². The van der Waals surface area contributed by atoms with E-state index in [4.69, 9.17) is 0 Å². The maximum absolute atomic E-state index is 13.7. The molecule has 0 saturated carbocycles. The summed E-state index contributed by atoms with van der Waals surface area (Å²) in [6.45, 7) is 3.26. The van der Waals surface area contributed by atoms with Gasteiger partial charge in [-0.3, -0.25) is 9.48 Å². The second-order valence-corrected chi connectivity index (χ2v) is 8.16. The fourth-order valence-electron chi connectivity index (χ4n) is 3.31. The topological polar surface area (TPSA) is 77.6 Å². The van der Waals surface area contributed by atoms with Crippen LogP contribution < -0.4 is 5.32 Å². The van der Waals surface area contributed by atoms with Gasteiger partial charge in [0.15, 0.2) is 0 Å². The number of hydrogen-bond acceptors (Lipinski definition) is 5. The number of amides is 1. The summed E-state index contributed by atoms with van der Waals surface area (Å²) in [5.41, 5.74) is 1.78. The molecule has 7 nitrogen and oxygen atoms in total. The van der Waals surface area contributed by atoms with E-state index in [1.54, 1.807) is 55.5 Å². The number of alkyl halides is 3. The van der Waals surface area contributed by atoms with Gasteiger partial charge in [0.1, 0.15) is 10.7 Å². The Labute approximate surface area is 185 Å². The summed E-state index contributed by atoms with van der Waals surface area (Å²) in [6, 6.07) is 5.75. The Balaban J connectivity index is 1.54. The molecule has 0 aliphatic carbocycles. The van der Waals surface area contributed by atoms with Crippen molar-refractivity contribution in [3.63, 3.8) is 0 Å². The van der Waals surface area contributed by atoms with Gasteiger partial charge in [-0.25, -0.2) is 9.67 Å². The van der Waals surface area contributed by atoms with E-state index in [0.717, 1.165) is 17.3 Å². The predicted molar refractivity (Wildman–Crippen MR) is 114 cm³/mol. The monoisotopic (exact) mass is 460 g/mol. The molecule has 0 unspecified atom stereocenters. The van der Waals surface area contributed by atoms with Crippen LogP contribution in [0.1, 0.15) is 33.0 Å². The van der Waals surface area contributed by atoms with Gasteiger partial charge in [0.05, 0.1) is 23.1 Å². The number of nitrogens with one attached hydrogen (secondary N) is 1. The number of thiazole rings is 1. The molecule has 1 N–H and O–H groups in total. The molecule has 32 heavy (non-hydrogen) atoms. The summed E-state index contributed by atoms with van der Waals surface area (Å²) in [5.74, 6) is -0.549. The molecule has 0 aliphatic rings. The minimum absolute atomic E-state index is 0.0427. The van der Waals surface area contributed by atoms with Crippen molar-refractivity contribution in [1.82, 2.24) is 29.9 Å². The fourth-order valence-corrected chi connectivity index (χ4v) is 4.09. The molecule has 0 aliphatic heterocycles. The highest BCUT2D eigenvalue weighted by Crippen LogP contribution is 2.34. The first-order valence-electron chi connectivity index (χ1n) is 9.58. The lowest BCUT2D eigenvalue weighted by molar-refractivity contribution is -0.138. The molecule has 0 radical (unpaired) electrons. The van der Waals surface area contributed by atoms with Crippen LogP contribution in [-0.4, -0.2) is 30.5 Å². The molecule has 3 aromatic heterocycles. The number of carbonyl (C=O) groups is 1. The first kappa shape index (κ1) is 21.8. The molecule has 4 rings (SSSR count). The lowest BCUT2D eigenvalue weighted by atomic mass is 10.1. The van der Waals surface area contributed by atoms with E-state index < -0.39 is 17.6 Å². The Morgan fingerprint density at radius 3 is 2.62 bits per heavy atom. The quantitative estimate of drug-likeness (QED) is 0.482. The smallest absolute Gasteiger partial charge is 0.347 e. The van der Waals surface area contributed by atoms with Gasteiger partial charge in [-0.05, 0) is 37.6 Å². The van der Waals surface area contributed by atoms with Crippen LogP contribution in [0.4, 0.5) is 13.2 Å². The van der Waals surface area contributed by atoms with Crippen molar-refractivity contribution in [2.24, 2.45) is 7.05 Å². The molecular formula is C21H19F3N6OS. The third kappa shape index (κ3) is 4.42. The van der Waals surface area contributed by atoms with Crippen LogP contribution in [0, 0.1) is 13.8 Å². The highest BCUT2D eigenvalue weighted by atomic mass is 32.1. The molecule has 0 atom stereocenters. The number of benzene rings is 1. The molecule has 0 spiro atoms. The van der Waals surface area contributed by atoms with Crippen molar-refractivity contribution in [2.45, 2.75) is 26.6 Å². The third-order valence-corrected chi connectivity index (χ3v) is 5.67. The minimum atomic E-state index is -4.58. The highest BCUT2D eigenvalue weighted by Gasteiger charge is 2.34. The Kier molecular flexibility index (Phi) is 5.59. The van der Waals surface area contributed by atoms with Gasteiger partial charge in [-0.2, -0.15) is 23.4 Å². The minimum Gasteiger partial charge on any atom is -0.347 e. The second-order valence-electron chi connectivity index (χ2n) is 7.30. The third-order valence-electron chi connectivity index (χ3n) is 4.78. The summed E-state index contributed by atoms with van der Waals surface area (Å²) in [4.78, 5) is 16.7. The zero-order valence-corrected chi connectivity index (χ0v) is 18.3. The highest BCUT2D eigenvalue weighted by molar-refractivity contribution is 7.13. The zero-order valence-electron chi connectivity index (χ0n) is 17.4. The van der Waals surface area contributed by atoms with Crippen LogP contribution in [0.25, 0.3) is 16.3 Å². The second kappa shape index (κ2) is 8.23. The van der Waals surface area contributed by atoms with E-state index >= 15 is 0 Å². The average molecular weight is 460 g/mol. The van der Waals surface area contributed by atoms with E-state index in [2.05, 4.69) is 20.5 Å². The molecule has 1 aromatic carbocycles. The van der Waals surface area contributed by atoms with Gasteiger partial charge in [-0.1, -0.05) is 6.07 Å². The summed E-state index contributed by atoms with van der Waals surface area (Å²) in [7, 11) is 1.77. The molecular weight excluding hydrogens is 441 g/mol. The van der Waals surface area contributed by atoms with Gasteiger partial charge in [0.2, 0.25) is 0 Å². The van der Waals surface area contributed by atoms with Gasteiger partial charge < -0.3 is 5.32 Å². The van der Waals surface area contributed by atoms with Crippen molar-refractivity contribution in [2.75, 3.05) is 0 Å². The van der Waals surface area contributed by atoms with Crippen LogP contribution in [0.3, 0.4) is 0 Å². The standard InChI is InChI=1S/C21H19F3N6OS/c1-12-6-13(2)30(28-12)16-5-4-14(17(7-16)21(22,23)24)8-25-19(31)18-11-32-20(27-18)15-9-26-29(3)10-15/h4-7,9-11H,8H2,1-3H3,(H,25,31). The molecule has 0 saturated heterocycles. The molecule has 11 heteroatoms. The van der Waals surface area contributed by atoms with Crippen molar-refractivity contribution in [3.05, 3.63) is 70.2 Å². The van der Waals surface area contributed by atoms with E-state index in [0.29, 0.717) is 16.4 Å². The van der Waals surface area contributed by atoms with E-state index in [1.165, 1.54) is 22.1 Å². The first-order valence-corrected chi connectivity index (χ1v) is 10.5. The maximum Gasteiger partial charge on any atom is 0.416 e. The Hall–Kier alpha value is -3.47. The lowest BCUT2D eigenvalue weighted by Gasteiger charge is -2.15. The average Bonchev–Trinajstić information content (AvgIpc) is 3.45. The van der Waals surface area contributed by atoms with Gasteiger partial charge in [0, 0.05) is 36.4 Å². The number of hydrogen-bond donors (Lipinski definition) is 1. The largest absolute Gasteiger partial charge is 0.416 e.